The third-order valence-corrected chi connectivity index (χ3v) is 21.7. The van der Waals surface area contributed by atoms with Crippen LogP contribution >= 0.6 is 153 Å². The van der Waals surface area contributed by atoms with Crippen molar-refractivity contribution in [3.05, 3.63) is 0 Å². The molecule has 0 aliphatic heterocycles. The lowest BCUT2D eigenvalue weighted by Crippen LogP contribution is -2.06. The maximum absolute atomic E-state index is 12.2. The fourth-order valence-electron chi connectivity index (χ4n) is 2.65. The van der Waals surface area contributed by atoms with E-state index in [9.17, 15) is 18.6 Å². The smallest absolute Gasteiger partial charge is 0.190 e. The topological polar surface area (TPSA) is 109 Å². The predicted molar refractivity (Wildman–Crippen MR) is 242 cm³/mol. The van der Waals surface area contributed by atoms with Gasteiger partial charge in [0.15, 0.2) is 15.3 Å². The number of hydrogen-bond donors (Lipinski definition) is 2. The maximum atomic E-state index is 12.2. The molecule has 0 heterocycles. The minimum Gasteiger partial charge on any atom is -0.396 e. The van der Waals surface area contributed by atoms with Crippen LogP contribution in [0.2, 0.25) is 0 Å². The summed E-state index contributed by atoms with van der Waals surface area (Å²) in [6, 6.07) is 0. The first-order chi connectivity index (χ1) is 23.0. The van der Waals surface area contributed by atoms with Crippen LogP contribution in [-0.4, -0.2) is 142 Å². The van der Waals surface area contributed by atoms with Crippen LogP contribution in [0, 0.1) is 0 Å². The fourth-order valence-corrected chi connectivity index (χ4v) is 18.1. The zero-order chi connectivity index (χ0) is 34.5. The van der Waals surface area contributed by atoms with Crippen molar-refractivity contribution in [2.75, 3.05) is 112 Å². The Hall–Kier alpha value is 3.63. The molecule has 0 saturated heterocycles. The Kier molecular flexibility index (Phi) is 45.6. The molecule has 1 atom stereocenters. The average Bonchev–Trinajstić information content (AvgIpc) is 3.06. The van der Waals surface area contributed by atoms with Crippen LogP contribution in [-0.2, 0) is 25.2 Å². The van der Waals surface area contributed by atoms with E-state index in [0.29, 0.717) is 19.3 Å². The van der Waals surface area contributed by atoms with Crippen molar-refractivity contribution in [2.24, 2.45) is 0 Å². The Morgan fingerprint density at radius 3 is 1.32 bits per heavy atom. The average molecular weight is 920 g/mol. The highest BCUT2D eigenvalue weighted by molar-refractivity contribution is 8.28. The molecule has 47 heavy (non-hydrogen) atoms. The highest BCUT2D eigenvalue weighted by atomic mass is 32.2. The molecule has 1 unspecified atom stereocenters. The zero-order valence-electron chi connectivity index (χ0n) is 26.7. The molecule has 0 fully saturated rings. The fraction of sp³-hybridized carbons (Fsp3) is 0.889. The summed E-state index contributed by atoms with van der Waals surface area (Å²) >= 11 is 21.9. The van der Waals surface area contributed by atoms with Crippen molar-refractivity contribution in [3.8, 4) is 0 Å². The third kappa shape index (κ3) is 42.2. The zero-order valence-corrected chi connectivity index (χ0v) is 38.1. The van der Waals surface area contributed by atoms with Gasteiger partial charge >= 0.3 is 0 Å². The SMILES string of the molecule is O=C(CCSCSCCC(=O)SCSCSCCO)SCCSCSCCS(=O)CCCSCSCCC(=O)SCSCSCCO. The monoisotopic (exact) mass is 918 g/mol. The van der Waals surface area contributed by atoms with Gasteiger partial charge in [-0.05, 0) is 12.2 Å². The summed E-state index contributed by atoms with van der Waals surface area (Å²) in [7, 11) is -0.757. The van der Waals surface area contributed by atoms with Crippen LogP contribution in [0.3, 0.4) is 0 Å². The van der Waals surface area contributed by atoms with Gasteiger partial charge in [-0.15, -0.1) is 47.0 Å². The molecule has 0 aliphatic rings. The molecule has 6 nitrogen and oxygen atoms in total. The van der Waals surface area contributed by atoms with Gasteiger partial charge in [0.1, 0.15) is 0 Å². The van der Waals surface area contributed by atoms with Gasteiger partial charge in [0.05, 0.1) is 13.2 Å². The summed E-state index contributed by atoms with van der Waals surface area (Å²) in [4.78, 5) is 35.8. The number of thioether (sulfide) groups is 13. The van der Waals surface area contributed by atoms with E-state index in [1.54, 1.807) is 82.3 Å². The molecule has 2 N–H and O–H groups in total. The number of carbonyl (C=O) groups is 3. The standard InChI is InChI=1S/C27H50O6S14/c28-5-11-38-21-42-23-45-26(31)3-9-35-18-34-7-1-16-47(33)17-15-41-20-40-13-14-44-25(30)2-8-36-19-37-10-4-27(32)46-24-43-22-39-12-6-29/h28-29H,1-24H2. The van der Waals surface area contributed by atoms with Crippen molar-refractivity contribution in [3.63, 3.8) is 0 Å². The Labute approximate surface area is 341 Å². The van der Waals surface area contributed by atoms with E-state index in [4.69, 9.17) is 10.2 Å². The van der Waals surface area contributed by atoms with E-state index in [2.05, 4.69) is 0 Å². The molecule has 0 saturated carbocycles. The van der Waals surface area contributed by atoms with Gasteiger partial charge in [0, 0.05) is 123 Å². The van der Waals surface area contributed by atoms with Crippen molar-refractivity contribution >= 4 is 179 Å². The summed E-state index contributed by atoms with van der Waals surface area (Å²) in [5.74, 6) is 9.23. The minimum absolute atomic E-state index is 0.204. The Morgan fingerprint density at radius 1 is 0.404 bits per heavy atom. The van der Waals surface area contributed by atoms with Crippen LogP contribution in [0.4, 0.5) is 0 Å². The summed E-state index contributed by atoms with van der Waals surface area (Å²) < 4.78 is 12.2. The lowest BCUT2D eigenvalue weighted by atomic mass is 10.5. The molecule has 0 spiro atoms. The first-order valence-electron chi connectivity index (χ1n) is 14.8. The van der Waals surface area contributed by atoms with Crippen molar-refractivity contribution in [1.82, 2.24) is 0 Å². The molecule has 0 aromatic rings. The lowest BCUT2D eigenvalue weighted by molar-refractivity contribution is -0.111. The normalized spacial score (nSPS) is 12.0. The second-order valence-electron chi connectivity index (χ2n) is 8.65. The summed E-state index contributed by atoms with van der Waals surface area (Å²) in [5, 5.41) is 24.5. The van der Waals surface area contributed by atoms with Crippen LogP contribution in [0.5, 0.6) is 0 Å². The van der Waals surface area contributed by atoms with E-state index in [1.165, 1.54) is 35.3 Å². The molecular formula is C27H50O6S14. The van der Waals surface area contributed by atoms with Gasteiger partial charge in [-0.3, -0.25) is 18.6 Å². The molecule has 0 aliphatic carbocycles. The molecule has 20 heteroatoms. The van der Waals surface area contributed by atoms with E-state index in [-0.39, 0.29) is 28.6 Å². The molecule has 0 aromatic heterocycles. The largest absolute Gasteiger partial charge is 0.396 e. The van der Waals surface area contributed by atoms with Gasteiger partial charge in [-0.1, -0.05) is 35.3 Å². The van der Waals surface area contributed by atoms with Crippen LogP contribution in [0.1, 0.15) is 25.7 Å². The van der Waals surface area contributed by atoms with E-state index >= 15 is 0 Å². The number of aliphatic hydroxyl groups excluding tert-OH is 2. The summed E-state index contributed by atoms with van der Waals surface area (Å²) in [6.45, 7) is 0.412. The molecule has 0 radical (unpaired) electrons. The van der Waals surface area contributed by atoms with Crippen LogP contribution < -0.4 is 0 Å². The minimum atomic E-state index is -0.757. The summed E-state index contributed by atoms with van der Waals surface area (Å²) in [6.07, 6.45) is 2.75. The Bertz CT molecular complexity index is 771. The van der Waals surface area contributed by atoms with E-state index in [1.807, 2.05) is 35.3 Å². The highest BCUT2D eigenvalue weighted by Gasteiger charge is 2.06. The van der Waals surface area contributed by atoms with Gasteiger partial charge in [-0.2, -0.15) is 70.6 Å². The summed E-state index contributed by atoms with van der Waals surface area (Å²) in [5.41, 5.74) is 0. The second kappa shape index (κ2) is 42.4. The van der Waals surface area contributed by atoms with Crippen molar-refractivity contribution < 1.29 is 28.8 Å². The van der Waals surface area contributed by atoms with Crippen molar-refractivity contribution in [1.29, 1.82) is 0 Å². The molecule has 278 valence electrons. The Balaban J connectivity index is 3.36. The van der Waals surface area contributed by atoms with Crippen LogP contribution in [0.25, 0.3) is 0 Å². The van der Waals surface area contributed by atoms with Gasteiger partial charge in [-0.25, -0.2) is 0 Å². The molecule has 0 rings (SSSR count). The molecule has 0 bridgehead atoms. The lowest BCUT2D eigenvalue weighted by Gasteiger charge is -2.05. The number of hydrogen-bond acceptors (Lipinski definition) is 19. The van der Waals surface area contributed by atoms with Gasteiger partial charge < -0.3 is 10.2 Å². The maximum Gasteiger partial charge on any atom is 0.190 e. The first-order valence-corrected chi connectivity index (χ1v) is 30.8. The third-order valence-electron chi connectivity index (χ3n) is 4.87. The van der Waals surface area contributed by atoms with Crippen LogP contribution in [0.15, 0.2) is 0 Å². The quantitative estimate of drug-likeness (QED) is 0.0463. The molecular weight excluding hydrogens is 869 g/mol. The Morgan fingerprint density at radius 2 is 0.809 bits per heavy atom. The molecule has 0 aromatic carbocycles. The highest BCUT2D eigenvalue weighted by Crippen LogP contribution is 2.23. The predicted octanol–water partition coefficient (Wildman–Crippen LogP) is 8.09. The van der Waals surface area contributed by atoms with E-state index < -0.39 is 10.8 Å². The van der Waals surface area contributed by atoms with Crippen molar-refractivity contribution in [2.45, 2.75) is 25.7 Å². The number of aliphatic hydroxyl groups is 2. The second-order valence-corrected chi connectivity index (χ2v) is 26.9. The number of carbonyl (C=O) groups excluding carboxylic acids is 3. The van der Waals surface area contributed by atoms with E-state index in [0.717, 1.165) is 105 Å². The molecule has 0 amide bonds. The van der Waals surface area contributed by atoms with Gasteiger partial charge in [0.2, 0.25) is 0 Å². The van der Waals surface area contributed by atoms with Gasteiger partial charge in [0.25, 0.3) is 0 Å². The number of rotatable bonds is 37. The first kappa shape index (κ1) is 50.6.